The molecular weight excluding hydrogens is 268 g/mol. The van der Waals surface area contributed by atoms with E-state index in [2.05, 4.69) is 40.8 Å². The normalized spacial score (nSPS) is 19.6. The Morgan fingerprint density at radius 1 is 1.40 bits per heavy atom. The van der Waals surface area contributed by atoms with Gasteiger partial charge in [-0.3, -0.25) is 0 Å². The lowest BCUT2D eigenvalue weighted by molar-refractivity contribution is 0.156. The van der Waals surface area contributed by atoms with Crippen molar-refractivity contribution in [3.63, 3.8) is 0 Å². The van der Waals surface area contributed by atoms with Crippen molar-refractivity contribution >= 4 is 11.5 Å². The van der Waals surface area contributed by atoms with E-state index < -0.39 is 6.10 Å². The third kappa shape index (κ3) is 2.63. The molecule has 0 spiro atoms. The van der Waals surface area contributed by atoms with Crippen LogP contribution in [0, 0.1) is 0 Å². The van der Waals surface area contributed by atoms with Crippen molar-refractivity contribution in [2.45, 2.75) is 51.0 Å². The van der Waals surface area contributed by atoms with Gasteiger partial charge in [-0.2, -0.15) is 0 Å². The molecule has 0 radical (unpaired) electrons. The number of benzene rings is 1. The van der Waals surface area contributed by atoms with E-state index in [-0.39, 0.29) is 0 Å². The summed E-state index contributed by atoms with van der Waals surface area (Å²) < 4.78 is 3.98. The van der Waals surface area contributed by atoms with Gasteiger partial charge in [0.2, 0.25) is 0 Å². The third-order valence-electron chi connectivity index (χ3n) is 4.22. The Morgan fingerprint density at radius 3 is 3.10 bits per heavy atom. The molecule has 2 aromatic rings. The van der Waals surface area contributed by atoms with Gasteiger partial charge in [-0.05, 0) is 60.7 Å². The predicted octanol–water partition coefficient (Wildman–Crippen LogP) is 3.64. The Kier molecular flexibility index (Phi) is 4.13. The average Bonchev–Trinajstić information content (AvgIpc) is 2.96. The second kappa shape index (κ2) is 6.02. The maximum atomic E-state index is 10.5. The second-order valence-corrected chi connectivity index (χ2v) is 6.26. The van der Waals surface area contributed by atoms with Crippen molar-refractivity contribution in [1.82, 2.24) is 9.59 Å². The maximum Gasteiger partial charge on any atom is 0.0922 e. The average molecular weight is 288 g/mol. The zero-order valence-corrected chi connectivity index (χ0v) is 12.6. The molecule has 106 valence electrons. The first-order chi connectivity index (χ1) is 9.79. The molecule has 0 amide bonds. The second-order valence-electron chi connectivity index (χ2n) is 5.48. The molecule has 1 aromatic heterocycles. The number of hydrogen-bond acceptors (Lipinski definition) is 4. The van der Waals surface area contributed by atoms with Crippen LogP contribution in [0.1, 0.15) is 59.9 Å². The van der Waals surface area contributed by atoms with E-state index in [1.165, 1.54) is 41.9 Å². The molecule has 1 aromatic carbocycles. The molecule has 0 saturated carbocycles. The summed E-state index contributed by atoms with van der Waals surface area (Å²) in [5, 5.41) is 14.6. The van der Waals surface area contributed by atoms with Crippen LogP contribution in [-0.2, 0) is 12.8 Å². The summed E-state index contributed by atoms with van der Waals surface area (Å²) in [5.41, 5.74) is 3.83. The Labute approximate surface area is 123 Å². The van der Waals surface area contributed by atoms with Crippen LogP contribution < -0.4 is 0 Å². The largest absolute Gasteiger partial charge is 0.387 e. The molecule has 2 atom stereocenters. The minimum atomic E-state index is -0.430. The summed E-state index contributed by atoms with van der Waals surface area (Å²) in [4.78, 5) is 0.954. The van der Waals surface area contributed by atoms with Crippen LogP contribution in [-0.4, -0.2) is 14.7 Å². The van der Waals surface area contributed by atoms with Crippen LogP contribution in [0.5, 0.6) is 0 Å². The molecule has 0 bridgehead atoms. The highest BCUT2D eigenvalue weighted by Crippen LogP contribution is 2.38. The van der Waals surface area contributed by atoms with Crippen LogP contribution >= 0.6 is 11.5 Å². The first kappa shape index (κ1) is 13.7. The summed E-state index contributed by atoms with van der Waals surface area (Å²) in [5.74, 6) is 0.460. The summed E-state index contributed by atoms with van der Waals surface area (Å²) in [6.07, 6.45) is 4.75. The van der Waals surface area contributed by atoms with Crippen molar-refractivity contribution in [2.24, 2.45) is 0 Å². The number of aromatic nitrogens is 2. The number of nitrogens with zero attached hydrogens (tertiary/aromatic N) is 2. The van der Waals surface area contributed by atoms with E-state index in [9.17, 15) is 5.11 Å². The summed E-state index contributed by atoms with van der Waals surface area (Å²) >= 11 is 1.34. The van der Waals surface area contributed by atoms with Gasteiger partial charge >= 0.3 is 0 Å². The summed E-state index contributed by atoms with van der Waals surface area (Å²) in [7, 11) is 0. The molecule has 20 heavy (non-hydrogen) atoms. The van der Waals surface area contributed by atoms with Crippen molar-refractivity contribution < 1.29 is 5.11 Å². The fraction of sp³-hybridized carbons (Fsp3) is 0.500. The first-order valence-corrected chi connectivity index (χ1v) is 8.14. The number of rotatable bonds is 4. The number of fused-ring (bicyclic) bond motifs is 1. The molecule has 1 N–H and O–H groups in total. The van der Waals surface area contributed by atoms with E-state index in [1.54, 1.807) is 0 Å². The van der Waals surface area contributed by atoms with Crippen molar-refractivity contribution in [1.29, 1.82) is 0 Å². The smallest absolute Gasteiger partial charge is 0.0922 e. The molecule has 1 heterocycles. The van der Waals surface area contributed by atoms with E-state index in [0.29, 0.717) is 5.92 Å². The molecule has 0 aliphatic heterocycles. The van der Waals surface area contributed by atoms with Crippen LogP contribution in [0.2, 0.25) is 0 Å². The minimum Gasteiger partial charge on any atom is -0.387 e. The molecule has 3 rings (SSSR count). The Balaban J connectivity index is 1.79. The Morgan fingerprint density at radius 2 is 2.25 bits per heavy atom. The van der Waals surface area contributed by atoms with Crippen molar-refractivity contribution in [3.8, 4) is 0 Å². The lowest BCUT2D eigenvalue weighted by atomic mass is 9.80. The predicted molar refractivity (Wildman–Crippen MR) is 81.0 cm³/mol. The maximum absolute atomic E-state index is 10.5. The van der Waals surface area contributed by atoms with Crippen LogP contribution in [0.4, 0.5) is 0 Å². The van der Waals surface area contributed by atoms with Gasteiger partial charge in [-0.25, -0.2) is 0 Å². The third-order valence-corrected chi connectivity index (χ3v) is 5.09. The van der Waals surface area contributed by atoms with E-state index >= 15 is 0 Å². The van der Waals surface area contributed by atoms with Crippen molar-refractivity contribution in [3.05, 3.63) is 46.0 Å². The van der Waals surface area contributed by atoms with E-state index in [1.807, 2.05) is 0 Å². The van der Waals surface area contributed by atoms with Gasteiger partial charge in [0, 0.05) is 0 Å². The number of aryl methyl sites for hydroxylation is 2. The molecule has 0 fully saturated rings. The zero-order chi connectivity index (χ0) is 13.9. The lowest BCUT2D eigenvalue weighted by Gasteiger charge is -2.27. The number of aliphatic hydroxyl groups is 1. The van der Waals surface area contributed by atoms with Crippen molar-refractivity contribution in [2.75, 3.05) is 0 Å². The van der Waals surface area contributed by atoms with Gasteiger partial charge < -0.3 is 5.11 Å². The minimum absolute atomic E-state index is 0.430. The molecule has 1 aliphatic rings. The van der Waals surface area contributed by atoms with Gasteiger partial charge in [-0.15, -0.1) is 5.10 Å². The SMILES string of the molecule is CCc1nnsc1C(O)CC1CCCc2ccccc21. The molecule has 0 saturated heterocycles. The molecule has 1 aliphatic carbocycles. The fourth-order valence-corrected chi connectivity index (χ4v) is 3.93. The van der Waals surface area contributed by atoms with Gasteiger partial charge in [0.15, 0.2) is 0 Å². The zero-order valence-electron chi connectivity index (χ0n) is 11.7. The summed E-state index contributed by atoms with van der Waals surface area (Å²) in [6, 6.07) is 8.66. The van der Waals surface area contributed by atoms with E-state index in [0.717, 1.165) is 23.4 Å². The monoisotopic (exact) mass is 288 g/mol. The van der Waals surface area contributed by atoms with Gasteiger partial charge in [0.1, 0.15) is 0 Å². The molecule has 4 heteroatoms. The number of aliphatic hydroxyl groups excluding tert-OH is 1. The highest BCUT2D eigenvalue weighted by Gasteiger charge is 2.25. The van der Waals surface area contributed by atoms with Crippen LogP contribution in [0.3, 0.4) is 0 Å². The first-order valence-electron chi connectivity index (χ1n) is 7.36. The number of hydrogen-bond donors (Lipinski definition) is 1. The highest BCUT2D eigenvalue weighted by atomic mass is 32.1. The summed E-state index contributed by atoms with van der Waals surface area (Å²) in [6.45, 7) is 2.06. The Hall–Kier alpha value is -1.26. The Bertz CT molecular complexity index is 581. The van der Waals surface area contributed by atoms with Gasteiger partial charge in [-0.1, -0.05) is 35.7 Å². The molecular formula is C16H20N2OS. The van der Waals surface area contributed by atoms with Gasteiger partial charge in [0.05, 0.1) is 16.7 Å². The van der Waals surface area contributed by atoms with E-state index in [4.69, 9.17) is 0 Å². The van der Waals surface area contributed by atoms with Crippen LogP contribution in [0.15, 0.2) is 24.3 Å². The van der Waals surface area contributed by atoms with Gasteiger partial charge in [0.25, 0.3) is 0 Å². The lowest BCUT2D eigenvalue weighted by Crippen LogP contribution is -2.13. The molecule has 2 unspecified atom stereocenters. The standard InChI is InChI=1S/C16H20N2OS/c1-2-14-16(20-18-17-14)15(19)10-12-8-5-7-11-6-3-4-9-13(11)12/h3-4,6,9,12,15,19H,2,5,7-8,10H2,1H3. The highest BCUT2D eigenvalue weighted by molar-refractivity contribution is 7.05. The van der Waals surface area contributed by atoms with Crippen LogP contribution in [0.25, 0.3) is 0 Å². The quantitative estimate of drug-likeness (QED) is 0.934. The topological polar surface area (TPSA) is 46.0 Å². The fourth-order valence-electron chi connectivity index (χ4n) is 3.19. The molecule has 3 nitrogen and oxygen atoms in total.